The molecular formula is C32H26N4O. The molecule has 0 fully saturated rings. The lowest BCUT2D eigenvalue weighted by molar-refractivity contribution is 0.802. The number of nitrogens with zero attached hydrogens (tertiary/aromatic N) is 4. The number of hydrogen-bond acceptors (Lipinski definition) is 3. The fourth-order valence-corrected chi connectivity index (χ4v) is 4.82. The van der Waals surface area contributed by atoms with Crippen LogP contribution in [0.2, 0.25) is 0 Å². The molecule has 2 aromatic heterocycles. The standard InChI is InChI=1S/C32H26N4O/c1-22-16-18-24(19-17-22)21-35-23(2)28(26-12-7-9-15-30(26)35)20-33-36-31(25-10-4-3-5-11-25)34-29-14-8-6-13-27(29)32(36)37/h3-20H,21H2,1-2H3. The fraction of sp³-hybridized carbons (Fsp3) is 0.0938. The smallest absolute Gasteiger partial charge is 0.282 e. The summed E-state index contributed by atoms with van der Waals surface area (Å²) in [5.41, 5.74) is 6.99. The molecule has 0 N–H and O–H groups in total. The molecule has 6 aromatic rings. The van der Waals surface area contributed by atoms with E-state index < -0.39 is 0 Å². The van der Waals surface area contributed by atoms with Crippen LogP contribution in [0.15, 0.2) is 113 Å². The van der Waals surface area contributed by atoms with E-state index in [1.807, 2.05) is 54.6 Å². The summed E-state index contributed by atoms with van der Waals surface area (Å²) in [6.45, 7) is 4.96. The Morgan fingerprint density at radius 2 is 1.46 bits per heavy atom. The minimum absolute atomic E-state index is 0.193. The molecule has 180 valence electrons. The summed E-state index contributed by atoms with van der Waals surface area (Å²) in [6.07, 6.45) is 1.80. The van der Waals surface area contributed by atoms with Crippen molar-refractivity contribution in [1.29, 1.82) is 0 Å². The number of rotatable bonds is 5. The van der Waals surface area contributed by atoms with Gasteiger partial charge in [-0.25, -0.2) is 4.98 Å². The quantitative estimate of drug-likeness (QED) is 0.261. The lowest BCUT2D eigenvalue weighted by Crippen LogP contribution is -2.20. The number of para-hydroxylation sites is 2. The Kier molecular flexibility index (Phi) is 5.73. The van der Waals surface area contributed by atoms with Crippen LogP contribution in [0.5, 0.6) is 0 Å². The third kappa shape index (κ3) is 4.15. The van der Waals surface area contributed by atoms with E-state index in [0.29, 0.717) is 16.7 Å². The molecule has 37 heavy (non-hydrogen) atoms. The summed E-state index contributed by atoms with van der Waals surface area (Å²) in [4.78, 5) is 18.4. The zero-order valence-electron chi connectivity index (χ0n) is 20.8. The molecule has 6 rings (SSSR count). The van der Waals surface area contributed by atoms with E-state index in [1.165, 1.54) is 15.8 Å². The molecule has 4 aromatic carbocycles. The third-order valence-corrected chi connectivity index (χ3v) is 6.83. The van der Waals surface area contributed by atoms with Crippen LogP contribution in [0.1, 0.15) is 22.4 Å². The minimum atomic E-state index is -0.193. The van der Waals surface area contributed by atoms with Gasteiger partial charge in [0.05, 0.1) is 17.1 Å². The van der Waals surface area contributed by atoms with Gasteiger partial charge in [-0.3, -0.25) is 4.79 Å². The Balaban J connectivity index is 1.51. The maximum absolute atomic E-state index is 13.6. The van der Waals surface area contributed by atoms with Crippen LogP contribution in [0, 0.1) is 13.8 Å². The number of aromatic nitrogens is 3. The summed E-state index contributed by atoms with van der Waals surface area (Å²) >= 11 is 0. The van der Waals surface area contributed by atoms with E-state index >= 15 is 0 Å². The van der Waals surface area contributed by atoms with Crippen molar-refractivity contribution >= 4 is 28.0 Å². The minimum Gasteiger partial charge on any atom is -0.340 e. The molecular weight excluding hydrogens is 456 g/mol. The Morgan fingerprint density at radius 1 is 0.784 bits per heavy atom. The molecule has 0 spiro atoms. The highest BCUT2D eigenvalue weighted by molar-refractivity contribution is 6.01. The van der Waals surface area contributed by atoms with Crippen LogP contribution >= 0.6 is 0 Å². The van der Waals surface area contributed by atoms with Gasteiger partial charge in [-0.05, 0) is 37.6 Å². The molecule has 0 atom stereocenters. The second-order valence-electron chi connectivity index (χ2n) is 9.27. The lowest BCUT2D eigenvalue weighted by atomic mass is 10.1. The van der Waals surface area contributed by atoms with E-state index in [2.05, 4.69) is 60.9 Å². The SMILES string of the molecule is Cc1ccc(Cn2c(C)c(C=Nn3c(-c4ccccc4)nc4ccccc4c3=O)c3ccccc32)cc1. The van der Waals surface area contributed by atoms with Gasteiger partial charge in [-0.15, -0.1) is 0 Å². The second kappa shape index (κ2) is 9.36. The lowest BCUT2D eigenvalue weighted by Gasteiger charge is -2.10. The van der Waals surface area contributed by atoms with Crippen molar-refractivity contribution in [3.8, 4) is 11.4 Å². The van der Waals surface area contributed by atoms with Crippen LogP contribution in [0.3, 0.4) is 0 Å². The molecule has 0 amide bonds. The van der Waals surface area contributed by atoms with Crippen molar-refractivity contribution in [2.24, 2.45) is 5.10 Å². The van der Waals surface area contributed by atoms with Crippen LogP contribution in [-0.2, 0) is 6.54 Å². The number of hydrogen-bond donors (Lipinski definition) is 0. The van der Waals surface area contributed by atoms with Crippen molar-refractivity contribution in [1.82, 2.24) is 14.2 Å². The van der Waals surface area contributed by atoms with Crippen molar-refractivity contribution in [3.05, 3.63) is 136 Å². The molecule has 0 unspecified atom stereocenters. The first-order valence-corrected chi connectivity index (χ1v) is 12.3. The van der Waals surface area contributed by atoms with Crippen molar-refractivity contribution in [2.45, 2.75) is 20.4 Å². The number of benzene rings is 4. The van der Waals surface area contributed by atoms with Crippen molar-refractivity contribution in [3.63, 3.8) is 0 Å². The maximum Gasteiger partial charge on any atom is 0.282 e. The molecule has 0 bridgehead atoms. The molecule has 0 aliphatic heterocycles. The van der Waals surface area contributed by atoms with Gasteiger partial charge in [0.25, 0.3) is 5.56 Å². The van der Waals surface area contributed by atoms with Crippen LogP contribution in [-0.4, -0.2) is 20.4 Å². The van der Waals surface area contributed by atoms with Gasteiger partial charge in [0, 0.05) is 34.3 Å². The van der Waals surface area contributed by atoms with Crippen molar-refractivity contribution < 1.29 is 0 Å². The van der Waals surface area contributed by atoms with Gasteiger partial charge in [0.1, 0.15) is 0 Å². The van der Waals surface area contributed by atoms with E-state index in [9.17, 15) is 4.79 Å². The van der Waals surface area contributed by atoms with Gasteiger partial charge in [-0.1, -0.05) is 90.5 Å². The highest BCUT2D eigenvalue weighted by Crippen LogP contribution is 2.26. The maximum atomic E-state index is 13.6. The number of aryl methyl sites for hydroxylation is 1. The molecule has 0 aliphatic rings. The van der Waals surface area contributed by atoms with Gasteiger partial charge in [-0.2, -0.15) is 9.78 Å². The third-order valence-electron chi connectivity index (χ3n) is 6.83. The molecule has 0 saturated carbocycles. The van der Waals surface area contributed by atoms with Crippen LogP contribution in [0.25, 0.3) is 33.2 Å². The molecule has 2 heterocycles. The highest BCUT2D eigenvalue weighted by atomic mass is 16.1. The molecule has 0 radical (unpaired) electrons. The topological polar surface area (TPSA) is 52.2 Å². The summed E-state index contributed by atoms with van der Waals surface area (Å²) in [7, 11) is 0. The summed E-state index contributed by atoms with van der Waals surface area (Å²) in [6, 6.07) is 34.1. The van der Waals surface area contributed by atoms with Crippen LogP contribution < -0.4 is 5.56 Å². The average Bonchev–Trinajstić information content (AvgIpc) is 3.20. The van der Waals surface area contributed by atoms with E-state index in [4.69, 9.17) is 10.1 Å². The Morgan fingerprint density at radius 3 is 2.24 bits per heavy atom. The number of fused-ring (bicyclic) bond motifs is 2. The normalized spacial score (nSPS) is 11.6. The first kappa shape index (κ1) is 22.7. The molecule has 5 nitrogen and oxygen atoms in total. The predicted octanol–water partition coefficient (Wildman–Crippen LogP) is 6.57. The van der Waals surface area contributed by atoms with E-state index in [-0.39, 0.29) is 5.56 Å². The van der Waals surface area contributed by atoms with E-state index in [0.717, 1.165) is 34.3 Å². The second-order valence-corrected chi connectivity index (χ2v) is 9.27. The average molecular weight is 483 g/mol. The van der Waals surface area contributed by atoms with Gasteiger partial charge in [0.2, 0.25) is 0 Å². The summed E-state index contributed by atoms with van der Waals surface area (Å²) in [5.74, 6) is 0.515. The Hall–Kier alpha value is -4.77. The molecule has 0 saturated heterocycles. The predicted molar refractivity (Wildman–Crippen MR) is 151 cm³/mol. The van der Waals surface area contributed by atoms with Gasteiger partial charge in [0.15, 0.2) is 5.82 Å². The Bertz CT molecular complexity index is 1830. The Labute approximate surface area is 215 Å². The molecule has 5 heteroatoms. The van der Waals surface area contributed by atoms with Gasteiger partial charge < -0.3 is 4.57 Å². The van der Waals surface area contributed by atoms with Gasteiger partial charge >= 0.3 is 0 Å². The zero-order valence-corrected chi connectivity index (χ0v) is 20.8. The molecule has 0 aliphatic carbocycles. The fourth-order valence-electron chi connectivity index (χ4n) is 4.82. The highest BCUT2D eigenvalue weighted by Gasteiger charge is 2.15. The monoisotopic (exact) mass is 482 g/mol. The zero-order chi connectivity index (χ0) is 25.4. The first-order valence-electron chi connectivity index (χ1n) is 12.3. The van der Waals surface area contributed by atoms with E-state index in [1.54, 1.807) is 12.3 Å². The largest absolute Gasteiger partial charge is 0.340 e. The summed E-state index contributed by atoms with van der Waals surface area (Å²) < 4.78 is 3.73. The van der Waals surface area contributed by atoms with Crippen LogP contribution in [0.4, 0.5) is 0 Å². The first-order chi connectivity index (χ1) is 18.1. The van der Waals surface area contributed by atoms with Crippen molar-refractivity contribution in [2.75, 3.05) is 0 Å². The summed E-state index contributed by atoms with van der Waals surface area (Å²) in [5, 5.41) is 6.38.